The van der Waals surface area contributed by atoms with Crippen LogP contribution >= 0.6 is 0 Å². The van der Waals surface area contributed by atoms with Gasteiger partial charge in [0.2, 0.25) is 0 Å². The molecule has 4 aromatic carbocycles. The van der Waals surface area contributed by atoms with E-state index in [4.69, 9.17) is 4.42 Å². The predicted octanol–water partition coefficient (Wildman–Crippen LogP) is 10.7. The van der Waals surface area contributed by atoms with Crippen molar-refractivity contribution in [3.63, 3.8) is 0 Å². The third-order valence-corrected chi connectivity index (χ3v) is 10.4. The summed E-state index contributed by atoms with van der Waals surface area (Å²) in [4.78, 5) is 0. The van der Waals surface area contributed by atoms with E-state index in [0.717, 1.165) is 28.9 Å². The van der Waals surface area contributed by atoms with Crippen LogP contribution in [0.4, 0.5) is 0 Å². The van der Waals surface area contributed by atoms with Crippen molar-refractivity contribution in [3.05, 3.63) is 96.1 Å². The molecule has 4 aliphatic rings. The van der Waals surface area contributed by atoms with Crippen molar-refractivity contribution in [2.24, 2.45) is 17.8 Å². The third kappa shape index (κ3) is 3.88. The van der Waals surface area contributed by atoms with Gasteiger partial charge in [0.25, 0.3) is 0 Å². The molecule has 0 aliphatic heterocycles. The zero-order valence-electron chi connectivity index (χ0n) is 23.5. The second kappa shape index (κ2) is 8.34. The molecule has 0 atom stereocenters. The lowest BCUT2D eigenvalue weighted by Gasteiger charge is -2.57. The van der Waals surface area contributed by atoms with Crippen LogP contribution in [-0.2, 0) is 10.8 Å². The highest BCUT2D eigenvalue weighted by atomic mass is 16.3. The van der Waals surface area contributed by atoms with Gasteiger partial charge in [-0.25, -0.2) is 0 Å². The summed E-state index contributed by atoms with van der Waals surface area (Å²) in [6.45, 7) is 6.94. The Hall–Kier alpha value is -3.32. The molecule has 196 valence electrons. The standard InChI is InChI=1S/C38H38O/c1-37(2,3)32-18-29(17-30(19-32)28-10-13-34-33-6-4-5-7-35(33)39-36(34)20-28)27-8-11-31(12-9-27)38-21-24-14-25(22-38)16-26(15-24)23-38/h4-13,17-20,24-26H,14-16,21-23H2,1-3H3. The lowest BCUT2D eigenvalue weighted by molar-refractivity contribution is -0.00518. The highest BCUT2D eigenvalue weighted by Gasteiger charge is 2.51. The summed E-state index contributed by atoms with van der Waals surface area (Å²) < 4.78 is 6.24. The molecule has 4 aliphatic carbocycles. The van der Waals surface area contributed by atoms with Crippen LogP contribution in [0.3, 0.4) is 0 Å². The van der Waals surface area contributed by atoms with Crippen LogP contribution in [-0.4, -0.2) is 0 Å². The third-order valence-electron chi connectivity index (χ3n) is 10.4. The van der Waals surface area contributed by atoms with Crippen LogP contribution in [0.15, 0.2) is 89.3 Å². The average molecular weight is 511 g/mol. The summed E-state index contributed by atoms with van der Waals surface area (Å²) in [6, 6.07) is 31.9. The topological polar surface area (TPSA) is 13.1 Å². The highest BCUT2D eigenvalue weighted by molar-refractivity contribution is 6.05. The molecule has 1 heterocycles. The smallest absolute Gasteiger partial charge is 0.136 e. The zero-order valence-corrected chi connectivity index (χ0v) is 23.5. The molecule has 0 amide bonds. The van der Waals surface area contributed by atoms with Gasteiger partial charge in [-0.2, -0.15) is 0 Å². The average Bonchev–Trinajstić information content (AvgIpc) is 3.30. The molecule has 4 saturated carbocycles. The van der Waals surface area contributed by atoms with E-state index in [9.17, 15) is 0 Å². The first kappa shape index (κ1) is 23.6. The van der Waals surface area contributed by atoms with E-state index in [1.165, 1.54) is 77.1 Å². The second-order valence-corrected chi connectivity index (χ2v) is 14.1. The Balaban J connectivity index is 1.19. The van der Waals surface area contributed by atoms with Gasteiger partial charge in [-0.05, 0) is 125 Å². The number of rotatable bonds is 3. The molecule has 1 aromatic heterocycles. The van der Waals surface area contributed by atoms with E-state index in [0.29, 0.717) is 5.41 Å². The minimum Gasteiger partial charge on any atom is -0.456 e. The molecule has 0 saturated heterocycles. The Morgan fingerprint density at radius 2 is 1.18 bits per heavy atom. The summed E-state index contributed by atoms with van der Waals surface area (Å²) in [5.74, 6) is 2.93. The maximum atomic E-state index is 6.24. The van der Waals surface area contributed by atoms with Gasteiger partial charge in [0, 0.05) is 10.8 Å². The highest BCUT2D eigenvalue weighted by Crippen LogP contribution is 2.60. The minimum absolute atomic E-state index is 0.0629. The van der Waals surface area contributed by atoms with Crippen LogP contribution in [0, 0.1) is 17.8 Å². The van der Waals surface area contributed by atoms with E-state index < -0.39 is 0 Å². The van der Waals surface area contributed by atoms with Crippen molar-refractivity contribution < 1.29 is 4.42 Å². The fourth-order valence-electron chi connectivity index (χ4n) is 8.78. The Labute approximate surface area is 232 Å². The van der Waals surface area contributed by atoms with Gasteiger partial charge >= 0.3 is 0 Å². The van der Waals surface area contributed by atoms with Crippen molar-refractivity contribution in [2.75, 3.05) is 0 Å². The van der Waals surface area contributed by atoms with Gasteiger partial charge in [-0.1, -0.05) is 81.4 Å². The Morgan fingerprint density at radius 1 is 0.590 bits per heavy atom. The zero-order chi connectivity index (χ0) is 26.4. The fraction of sp³-hybridized carbons (Fsp3) is 0.368. The SMILES string of the molecule is CC(C)(C)c1cc(-c2ccc(C34CC5CC(CC(C5)C3)C4)cc2)cc(-c2ccc3c(c2)oc2ccccc23)c1. The molecule has 0 unspecified atom stereocenters. The fourth-order valence-corrected chi connectivity index (χ4v) is 8.78. The predicted molar refractivity (Wildman–Crippen MR) is 163 cm³/mol. The molecule has 39 heavy (non-hydrogen) atoms. The second-order valence-electron chi connectivity index (χ2n) is 14.1. The normalized spacial score (nSPS) is 26.1. The maximum absolute atomic E-state index is 6.24. The van der Waals surface area contributed by atoms with Gasteiger partial charge in [0.15, 0.2) is 0 Å². The van der Waals surface area contributed by atoms with Crippen molar-refractivity contribution >= 4 is 21.9 Å². The minimum atomic E-state index is 0.0629. The molecule has 4 bridgehead atoms. The first-order valence-corrected chi connectivity index (χ1v) is 15.0. The van der Waals surface area contributed by atoms with E-state index >= 15 is 0 Å². The van der Waals surface area contributed by atoms with Crippen LogP contribution in [0.2, 0.25) is 0 Å². The number of hydrogen-bond acceptors (Lipinski definition) is 1. The van der Waals surface area contributed by atoms with Crippen molar-refractivity contribution in [2.45, 2.75) is 70.1 Å². The van der Waals surface area contributed by atoms with Crippen molar-refractivity contribution in [1.82, 2.24) is 0 Å². The molecular formula is C38H38O. The van der Waals surface area contributed by atoms with E-state index in [1.54, 1.807) is 5.56 Å². The van der Waals surface area contributed by atoms with Gasteiger partial charge in [0.05, 0.1) is 0 Å². The largest absolute Gasteiger partial charge is 0.456 e. The Kier molecular flexibility index (Phi) is 5.04. The number of fused-ring (bicyclic) bond motifs is 3. The summed E-state index contributed by atoms with van der Waals surface area (Å²) in [7, 11) is 0. The molecule has 4 fully saturated rings. The van der Waals surface area contributed by atoms with Crippen LogP contribution in [0.1, 0.15) is 70.4 Å². The summed E-state index contributed by atoms with van der Waals surface area (Å²) >= 11 is 0. The monoisotopic (exact) mass is 510 g/mol. The molecule has 0 spiro atoms. The van der Waals surface area contributed by atoms with Gasteiger partial charge in [-0.3, -0.25) is 0 Å². The first-order valence-electron chi connectivity index (χ1n) is 15.0. The van der Waals surface area contributed by atoms with Crippen molar-refractivity contribution in [1.29, 1.82) is 0 Å². The molecular weight excluding hydrogens is 472 g/mol. The van der Waals surface area contributed by atoms with Crippen LogP contribution in [0.5, 0.6) is 0 Å². The Morgan fingerprint density at radius 3 is 1.85 bits per heavy atom. The maximum Gasteiger partial charge on any atom is 0.136 e. The molecule has 0 radical (unpaired) electrons. The summed E-state index contributed by atoms with van der Waals surface area (Å²) in [6.07, 6.45) is 8.77. The van der Waals surface area contributed by atoms with Crippen LogP contribution < -0.4 is 0 Å². The van der Waals surface area contributed by atoms with Gasteiger partial charge in [-0.15, -0.1) is 0 Å². The van der Waals surface area contributed by atoms with Crippen LogP contribution in [0.25, 0.3) is 44.2 Å². The molecule has 0 N–H and O–H groups in total. The lowest BCUT2D eigenvalue weighted by Crippen LogP contribution is -2.48. The number of furan rings is 1. The first-order chi connectivity index (χ1) is 18.8. The molecule has 1 heteroatoms. The number of para-hydroxylation sites is 1. The lowest BCUT2D eigenvalue weighted by atomic mass is 9.48. The molecule has 1 nitrogen and oxygen atoms in total. The van der Waals surface area contributed by atoms with Gasteiger partial charge in [0.1, 0.15) is 11.2 Å². The quantitative estimate of drug-likeness (QED) is 0.235. The van der Waals surface area contributed by atoms with Gasteiger partial charge < -0.3 is 4.42 Å². The molecule has 9 rings (SSSR count). The number of hydrogen-bond donors (Lipinski definition) is 0. The van der Waals surface area contributed by atoms with E-state index in [2.05, 4.69) is 99.6 Å². The number of benzene rings is 4. The van der Waals surface area contributed by atoms with Crippen molar-refractivity contribution in [3.8, 4) is 22.3 Å². The van der Waals surface area contributed by atoms with E-state index in [1.807, 2.05) is 6.07 Å². The Bertz CT molecular complexity index is 1670. The van der Waals surface area contributed by atoms with E-state index in [-0.39, 0.29) is 5.41 Å². The molecule has 5 aromatic rings. The summed E-state index contributed by atoms with van der Waals surface area (Å²) in [5, 5.41) is 2.36. The summed E-state index contributed by atoms with van der Waals surface area (Å²) in [5.41, 5.74) is 10.5.